The van der Waals surface area contributed by atoms with Crippen LogP contribution in [0.25, 0.3) is 0 Å². The monoisotopic (exact) mass is 186 g/mol. The number of aryl methyl sites for hydroxylation is 1. The van der Waals surface area contributed by atoms with E-state index in [0.717, 1.165) is 5.56 Å². The first-order valence-corrected chi connectivity index (χ1v) is 6.16. The summed E-state index contributed by atoms with van der Waals surface area (Å²) in [6.07, 6.45) is 0.633. The van der Waals surface area contributed by atoms with Crippen LogP contribution >= 0.6 is 7.14 Å². The maximum absolute atomic E-state index is 11.5. The Morgan fingerprint density at radius 1 is 1.50 bits per heavy atom. The highest BCUT2D eigenvalue weighted by molar-refractivity contribution is 7.69. The highest BCUT2D eigenvalue weighted by Gasteiger charge is 2.17. The lowest BCUT2D eigenvalue weighted by molar-refractivity contribution is 0.110. The third-order valence-corrected chi connectivity index (χ3v) is 2.86. The van der Waals surface area contributed by atoms with E-state index >= 15 is 0 Å². The van der Waals surface area contributed by atoms with Gasteiger partial charge in [0.2, 0.25) is 0 Å². The smallest absolute Gasteiger partial charge is 0.185 e. The maximum Gasteiger partial charge on any atom is 0.185 e. The SMILES string of the molecule is Cc1cc(P(C)(C)=O)oc1C=O. The molecule has 0 aliphatic carbocycles. The Balaban J connectivity index is 3.22. The quantitative estimate of drug-likeness (QED) is 0.521. The minimum atomic E-state index is -2.36. The molecule has 0 aliphatic heterocycles. The molecular formula is C8H11O3P. The van der Waals surface area contributed by atoms with Gasteiger partial charge in [-0.2, -0.15) is 0 Å². The Hall–Kier alpha value is -0.820. The molecular weight excluding hydrogens is 175 g/mol. The van der Waals surface area contributed by atoms with Crippen molar-refractivity contribution >= 4 is 18.9 Å². The van der Waals surface area contributed by atoms with Crippen LogP contribution < -0.4 is 5.50 Å². The number of hydrogen-bond acceptors (Lipinski definition) is 3. The lowest BCUT2D eigenvalue weighted by Gasteiger charge is -1.99. The maximum atomic E-state index is 11.5. The van der Waals surface area contributed by atoms with E-state index in [9.17, 15) is 9.36 Å². The molecule has 12 heavy (non-hydrogen) atoms. The van der Waals surface area contributed by atoms with Crippen molar-refractivity contribution in [2.75, 3.05) is 13.3 Å². The van der Waals surface area contributed by atoms with Crippen LogP contribution in [-0.4, -0.2) is 19.6 Å². The summed E-state index contributed by atoms with van der Waals surface area (Å²) in [7, 11) is -2.36. The Bertz CT molecular complexity index is 345. The van der Waals surface area contributed by atoms with E-state index in [4.69, 9.17) is 4.42 Å². The summed E-state index contributed by atoms with van der Waals surface area (Å²) >= 11 is 0. The minimum Gasteiger partial charge on any atom is -0.450 e. The molecule has 66 valence electrons. The standard InChI is InChI=1S/C8H11O3P/c1-6-4-8(12(2,3)10)11-7(6)5-9/h4-5H,1-3H3. The van der Waals surface area contributed by atoms with Gasteiger partial charge in [-0.05, 0) is 31.9 Å². The second-order valence-corrected chi connectivity index (χ2v) is 6.24. The van der Waals surface area contributed by atoms with Crippen molar-refractivity contribution in [2.45, 2.75) is 6.92 Å². The summed E-state index contributed by atoms with van der Waals surface area (Å²) in [4.78, 5) is 10.4. The Morgan fingerprint density at radius 3 is 2.33 bits per heavy atom. The predicted molar refractivity (Wildman–Crippen MR) is 47.9 cm³/mol. The molecule has 0 amide bonds. The van der Waals surface area contributed by atoms with Gasteiger partial charge in [0.1, 0.15) is 7.14 Å². The molecule has 1 aromatic heterocycles. The summed E-state index contributed by atoms with van der Waals surface area (Å²) < 4.78 is 16.6. The average molecular weight is 186 g/mol. The van der Waals surface area contributed by atoms with Crippen LogP contribution in [0.4, 0.5) is 0 Å². The van der Waals surface area contributed by atoms with E-state index in [0.29, 0.717) is 11.8 Å². The van der Waals surface area contributed by atoms with Crippen LogP contribution in [-0.2, 0) is 4.57 Å². The summed E-state index contributed by atoms with van der Waals surface area (Å²) in [5.41, 5.74) is 1.16. The van der Waals surface area contributed by atoms with Crippen molar-refractivity contribution < 1.29 is 13.8 Å². The molecule has 1 heterocycles. The van der Waals surface area contributed by atoms with E-state index in [1.807, 2.05) is 0 Å². The Kier molecular flexibility index (Phi) is 2.25. The summed E-state index contributed by atoms with van der Waals surface area (Å²) in [5, 5.41) is 0. The van der Waals surface area contributed by atoms with Crippen molar-refractivity contribution in [3.63, 3.8) is 0 Å². The molecule has 0 bridgehead atoms. The normalized spacial score (nSPS) is 11.6. The Labute approximate surface area is 71.1 Å². The van der Waals surface area contributed by atoms with Crippen molar-refractivity contribution in [1.82, 2.24) is 0 Å². The molecule has 0 saturated carbocycles. The van der Waals surface area contributed by atoms with Crippen molar-refractivity contribution in [2.24, 2.45) is 0 Å². The molecule has 1 aromatic rings. The van der Waals surface area contributed by atoms with Crippen LogP contribution in [0.5, 0.6) is 0 Å². The van der Waals surface area contributed by atoms with Crippen molar-refractivity contribution in [1.29, 1.82) is 0 Å². The highest BCUT2D eigenvalue weighted by atomic mass is 31.2. The number of aldehydes is 1. The lowest BCUT2D eigenvalue weighted by atomic mass is 10.3. The predicted octanol–water partition coefficient (Wildman–Crippen LogP) is 1.65. The minimum absolute atomic E-state index is 0.272. The van der Waals surface area contributed by atoms with Gasteiger partial charge in [-0.1, -0.05) is 0 Å². The second-order valence-electron chi connectivity index (χ2n) is 3.10. The summed E-state index contributed by atoms with van der Waals surface area (Å²) in [5.74, 6) is 0.272. The van der Waals surface area contributed by atoms with E-state index < -0.39 is 7.14 Å². The third-order valence-electron chi connectivity index (χ3n) is 1.58. The van der Waals surface area contributed by atoms with Gasteiger partial charge in [0.25, 0.3) is 0 Å². The van der Waals surface area contributed by atoms with Gasteiger partial charge in [-0.15, -0.1) is 0 Å². The van der Waals surface area contributed by atoms with Crippen molar-refractivity contribution in [3.8, 4) is 0 Å². The number of hydrogen-bond donors (Lipinski definition) is 0. The lowest BCUT2D eigenvalue weighted by Crippen LogP contribution is -1.97. The van der Waals surface area contributed by atoms with Gasteiger partial charge >= 0.3 is 0 Å². The molecule has 0 aromatic carbocycles. The number of rotatable bonds is 2. The van der Waals surface area contributed by atoms with Gasteiger partial charge < -0.3 is 8.98 Å². The molecule has 0 saturated heterocycles. The third kappa shape index (κ3) is 1.67. The molecule has 0 aliphatic rings. The summed E-state index contributed by atoms with van der Waals surface area (Å²) in [6, 6.07) is 1.66. The molecule has 0 N–H and O–H groups in total. The van der Waals surface area contributed by atoms with Gasteiger partial charge in [0, 0.05) is 0 Å². The largest absolute Gasteiger partial charge is 0.450 e. The van der Waals surface area contributed by atoms with E-state index in [-0.39, 0.29) is 5.76 Å². The molecule has 3 nitrogen and oxygen atoms in total. The highest BCUT2D eigenvalue weighted by Crippen LogP contribution is 2.35. The molecule has 0 atom stereocenters. The fourth-order valence-electron chi connectivity index (χ4n) is 0.861. The first-order chi connectivity index (χ1) is 5.45. The van der Waals surface area contributed by atoms with E-state index in [1.165, 1.54) is 0 Å². The topological polar surface area (TPSA) is 47.3 Å². The first kappa shape index (κ1) is 9.27. The zero-order valence-corrected chi connectivity index (χ0v) is 8.22. The van der Waals surface area contributed by atoms with Gasteiger partial charge in [0.05, 0.1) is 0 Å². The van der Waals surface area contributed by atoms with Crippen LogP contribution in [0, 0.1) is 6.92 Å². The zero-order chi connectivity index (χ0) is 9.35. The second kappa shape index (κ2) is 2.91. The first-order valence-electron chi connectivity index (χ1n) is 3.56. The fourth-order valence-corrected chi connectivity index (χ4v) is 1.68. The average Bonchev–Trinajstić information content (AvgIpc) is 2.29. The van der Waals surface area contributed by atoms with Crippen LogP contribution in [0.1, 0.15) is 16.1 Å². The van der Waals surface area contributed by atoms with Crippen LogP contribution in [0.2, 0.25) is 0 Å². The molecule has 0 radical (unpaired) electrons. The van der Waals surface area contributed by atoms with E-state index in [2.05, 4.69) is 0 Å². The molecule has 0 fully saturated rings. The number of carbonyl (C=O) groups excluding carboxylic acids is 1. The van der Waals surface area contributed by atoms with Crippen molar-refractivity contribution in [3.05, 3.63) is 17.4 Å². The van der Waals surface area contributed by atoms with Gasteiger partial charge in [-0.25, -0.2) is 0 Å². The molecule has 0 unspecified atom stereocenters. The summed E-state index contributed by atoms with van der Waals surface area (Å²) in [6.45, 7) is 4.98. The number of carbonyl (C=O) groups is 1. The van der Waals surface area contributed by atoms with Gasteiger partial charge in [-0.3, -0.25) is 4.79 Å². The van der Waals surface area contributed by atoms with Gasteiger partial charge in [0.15, 0.2) is 17.5 Å². The molecule has 1 rings (SSSR count). The zero-order valence-electron chi connectivity index (χ0n) is 7.33. The Morgan fingerprint density at radius 2 is 2.08 bits per heavy atom. The number of furan rings is 1. The van der Waals surface area contributed by atoms with Crippen LogP contribution in [0.15, 0.2) is 10.5 Å². The van der Waals surface area contributed by atoms with E-state index in [1.54, 1.807) is 26.3 Å². The molecule has 4 heteroatoms. The fraction of sp³-hybridized carbons (Fsp3) is 0.375. The van der Waals surface area contributed by atoms with Crippen LogP contribution in [0.3, 0.4) is 0 Å². The molecule has 0 spiro atoms.